The molecule has 2 aliphatic rings. The van der Waals surface area contributed by atoms with Crippen LogP contribution in [0.2, 0.25) is 0 Å². The molecule has 0 atom stereocenters. The van der Waals surface area contributed by atoms with Crippen LogP contribution in [0.4, 0.5) is 4.79 Å². The third kappa shape index (κ3) is 4.95. The maximum absolute atomic E-state index is 12.1. The van der Waals surface area contributed by atoms with E-state index in [1.54, 1.807) is 4.90 Å². The van der Waals surface area contributed by atoms with E-state index < -0.39 is 0 Å². The molecule has 1 aliphatic carbocycles. The van der Waals surface area contributed by atoms with Gasteiger partial charge in [-0.25, -0.2) is 4.79 Å². The van der Waals surface area contributed by atoms with Crippen LogP contribution in [-0.4, -0.2) is 47.5 Å². The van der Waals surface area contributed by atoms with E-state index in [1.807, 2.05) is 30.3 Å². The summed E-state index contributed by atoms with van der Waals surface area (Å²) >= 11 is 0. The summed E-state index contributed by atoms with van der Waals surface area (Å²) in [7, 11) is 0. The minimum atomic E-state index is -0.238. The summed E-state index contributed by atoms with van der Waals surface area (Å²) in [6, 6.07) is 9.73. The summed E-state index contributed by atoms with van der Waals surface area (Å²) in [6.07, 6.45) is 5.41. The topological polar surface area (TPSA) is 59.0 Å². The van der Waals surface area contributed by atoms with Crippen molar-refractivity contribution in [1.29, 1.82) is 0 Å². The number of carbonyl (C=O) groups excluding carboxylic acids is 1. The first-order chi connectivity index (χ1) is 11.7. The van der Waals surface area contributed by atoms with Gasteiger partial charge in [0, 0.05) is 13.1 Å². The summed E-state index contributed by atoms with van der Waals surface area (Å²) in [6.45, 7) is 1.70. The van der Waals surface area contributed by atoms with Gasteiger partial charge < -0.3 is 19.5 Å². The van der Waals surface area contributed by atoms with E-state index in [1.165, 1.54) is 0 Å². The van der Waals surface area contributed by atoms with E-state index in [9.17, 15) is 9.90 Å². The molecule has 5 nitrogen and oxygen atoms in total. The minimum absolute atomic E-state index is 0.147. The lowest BCUT2D eigenvalue weighted by atomic mass is 9.94. The quantitative estimate of drug-likeness (QED) is 0.920. The molecule has 0 aromatic heterocycles. The molecule has 0 radical (unpaired) electrons. The first-order valence-corrected chi connectivity index (χ1v) is 9.00. The third-order valence-electron chi connectivity index (χ3n) is 4.93. The number of amides is 1. The second kappa shape index (κ2) is 8.49. The number of aliphatic hydroxyl groups is 1. The summed E-state index contributed by atoms with van der Waals surface area (Å²) in [5.74, 6) is 0. The van der Waals surface area contributed by atoms with Crippen LogP contribution >= 0.6 is 0 Å². The van der Waals surface area contributed by atoms with Crippen molar-refractivity contribution in [2.45, 2.75) is 63.4 Å². The van der Waals surface area contributed by atoms with Crippen LogP contribution in [0.25, 0.3) is 0 Å². The first kappa shape index (κ1) is 17.2. The molecular weight excluding hydrogens is 306 g/mol. The highest BCUT2D eigenvalue weighted by Gasteiger charge is 2.28. The Balaban J connectivity index is 1.36. The van der Waals surface area contributed by atoms with Gasteiger partial charge in [0.1, 0.15) is 6.61 Å². The Labute approximate surface area is 143 Å². The molecular formula is C19H27NO4. The third-order valence-corrected chi connectivity index (χ3v) is 4.93. The summed E-state index contributed by atoms with van der Waals surface area (Å²) in [5, 5.41) is 9.55. The summed E-state index contributed by atoms with van der Waals surface area (Å²) < 4.78 is 11.5. The lowest BCUT2D eigenvalue weighted by Gasteiger charge is -2.35. The van der Waals surface area contributed by atoms with E-state index in [0.29, 0.717) is 19.7 Å². The fraction of sp³-hybridized carbons (Fsp3) is 0.632. The average molecular weight is 333 g/mol. The number of piperidine rings is 1. The lowest BCUT2D eigenvalue weighted by Crippen LogP contribution is -2.42. The standard InChI is InChI=1S/C19H27NO4/c21-16-6-8-17(9-7-16)24-18-10-12-20(13-11-18)19(22)23-14-15-4-2-1-3-5-15/h1-5,16-18,21H,6-14H2/t16-,17-. The number of likely N-dealkylation sites (tertiary alicyclic amines) is 1. The number of hydrogen-bond acceptors (Lipinski definition) is 4. The van der Waals surface area contributed by atoms with Crippen LogP contribution < -0.4 is 0 Å². The average Bonchev–Trinajstić information content (AvgIpc) is 2.63. The molecule has 0 bridgehead atoms. The Bertz CT molecular complexity index is 505. The van der Waals surface area contributed by atoms with E-state index in [0.717, 1.165) is 44.1 Å². The van der Waals surface area contributed by atoms with Crippen molar-refractivity contribution in [3.8, 4) is 0 Å². The lowest BCUT2D eigenvalue weighted by molar-refractivity contribution is -0.0675. The van der Waals surface area contributed by atoms with Gasteiger partial charge in [0.15, 0.2) is 0 Å². The van der Waals surface area contributed by atoms with Crippen LogP contribution in [0.3, 0.4) is 0 Å². The van der Waals surface area contributed by atoms with Crippen molar-refractivity contribution < 1.29 is 19.4 Å². The second-order valence-electron chi connectivity index (χ2n) is 6.79. The fourth-order valence-electron chi connectivity index (χ4n) is 3.44. The largest absolute Gasteiger partial charge is 0.445 e. The molecule has 1 saturated heterocycles. The normalized spacial score (nSPS) is 25.5. The maximum atomic E-state index is 12.1. The number of rotatable bonds is 4. The van der Waals surface area contributed by atoms with Gasteiger partial charge in [0.2, 0.25) is 0 Å². The van der Waals surface area contributed by atoms with E-state index >= 15 is 0 Å². The molecule has 1 heterocycles. The number of carbonyl (C=O) groups is 1. The van der Waals surface area contributed by atoms with Crippen molar-refractivity contribution in [3.63, 3.8) is 0 Å². The predicted molar refractivity (Wildman–Crippen MR) is 90.6 cm³/mol. The number of nitrogens with zero attached hydrogens (tertiary/aromatic N) is 1. The minimum Gasteiger partial charge on any atom is -0.445 e. The van der Waals surface area contributed by atoms with Gasteiger partial charge in [-0.05, 0) is 44.1 Å². The Morgan fingerprint density at radius 2 is 1.62 bits per heavy atom. The van der Waals surface area contributed by atoms with Crippen LogP contribution in [0.5, 0.6) is 0 Å². The van der Waals surface area contributed by atoms with Crippen molar-refractivity contribution in [2.75, 3.05) is 13.1 Å². The summed E-state index contributed by atoms with van der Waals surface area (Å²) in [5.41, 5.74) is 1.00. The molecule has 1 N–H and O–H groups in total. The highest BCUT2D eigenvalue weighted by molar-refractivity contribution is 5.67. The van der Waals surface area contributed by atoms with E-state index in [4.69, 9.17) is 9.47 Å². The van der Waals surface area contributed by atoms with E-state index in [2.05, 4.69) is 0 Å². The molecule has 3 rings (SSSR count). The van der Waals surface area contributed by atoms with Gasteiger partial charge in [-0.2, -0.15) is 0 Å². The zero-order valence-electron chi connectivity index (χ0n) is 14.1. The maximum Gasteiger partial charge on any atom is 0.410 e. The summed E-state index contributed by atoms with van der Waals surface area (Å²) in [4.78, 5) is 13.9. The number of hydrogen-bond donors (Lipinski definition) is 1. The predicted octanol–water partition coefficient (Wildman–Crippen LogP) is 3.11. The highest BCUT2D eigenvalue weighted by Crippen LogP contribution is 2.25. The molecule has 0 spiro atoms. The van der Waals surface area contributed by atoms with Crippen LogP contribution in [0.15, 0.2) is 30.3 Å². The number of benzene rings is 1. The van der Waals surface area contributed by atoms with E-state index in [-0.39, 0.29) is 24.4 Å². The monoisotopic (exact) mass is 333 g/mol. The van der Waals surface area contributed by atoms with Gasteiger partial charge >= 0.3 is 6.09 Å². The van der Waals surface area contributed by atoms with Gasteiger partial charge in [-0.15, -0.1) is 0 Å². The zero-order valence-corrected chi connectivity index (χ0v) is 14.1. The van der Waals surface area contributed by atoms with Crippen LogP contribution in [0, 0.1) is 0 Å². The molecule has 1 aromatic rings. The molecule has 1 aliphatic heterocycles. The first-order valence-electron chi connectivity index (χ1n) is 9.00. The highest BCUT2D eigenvalue weighted by atomic mass is 16.6. The second-order valence-corrected chi connectivity index (χ2v) is 6.79. The molecule has 2 fully saturated rings. The Morgan fingerprint density at radius 3 is 2.29 bits per heavy atom. The molecule has 1 saturated carbocycles. The van der Waals surface area contributed by atoms with Gasteiger partial charge in [0.05, 0.1) is 18.3 Å². The van der Waals surface area contributed by atoms with Crippen molar-refractivity contribution in [2.24, 2.45) is 0 Å². The molecule has 24 heavy (non-hydrogen) atoms. The van der Waals surface area contributed by atoms with Gasteiger partial charge in [-0.3, -0.25) is 0 Å². The van der Waals surface area contributed by atoms with Gasteiger partial charge in [-0.1, -0.05) is 30.3 Å². The molecule has 1 amide bonds. The Hall–Kier alpha value is -1.59. The fourth-order valence-corrected chi connectivity index (χ4v) is 3.44. The number of ether oxygens (including phenoxy) is 2. The molecule has 1 aromatic carbocycles. The Kier molecular flexibility index (Phi) is 6.10. The van der Waals surface area contributed by atoms with Crippen molar-refractivity contribution in [3.05, 3.63) is 35.9 Å². The van der Waals surface area contributed by atoms with Crippen LogP contribution in [0.1, 0.15) is 44.1 Å². The van der Waals surface area contributed by atoms with Crippen molar-refractivity contribution in [1.82, 2.24) is 4.90 Å². The Morgan fingerprint density at radius 1 is 1.00 bits per heavy atom. The number of aliphatic hydroxyl groups excluding tert-OH is 1. The zero-order chi connectivity index (χ0) is 16.8. The van der Waals surface area contributed by atoms with Crippen LogP contribution in [-0.2, 0) is 16.1 Å². The molecule has 5 heteroatoms. The molecule has 132 valence electrons. The molecule has 0 unspecified atom stereocenters. The SMILES string of the molecule is O=C(OCc1ccccc1)N1CCC(O[C@H]2CC[C@H](O)CC2)CC1. The smallest absolute Gasteiger partial charge is 0.410 e. The van der Waals surface area contributed by atoms with Crippen molar-refractivity contribution >= 4 is 6.09 Å². The van der Waals surface area contributed by atoms with Gasteiger partial charge in [0.25, 0.3) is 0 Å².